The van der Waals surface area contributed by atoms with E-state index in [4.69, 9.17) is 21.1 Å². The lowest BCUT2D eigenvalue weighted by Gasteiger charge is -2.27. The summed E-state index contributed by atoms with van der Waals surface area (Å²) in [7, 11) is 0. The molecular weight excluding hydrogens is 354 g/mol. The number of ether oxygens (including phenoxy) is 2. The summed E-state index contributed by atoms with van der Waals surface area (Å²) in [6.45, 7) is 4.61. The number of nitrogens with one attached hydrogen (secondary N) is 2. The van der Waals surface area contributed by atoms with Gasteiger partial charge in [-0.05, 0) is 56.7 Å². The molecule has 1 aromatic carbocycles. The number of halogens is 1. The van der Waals surface area contributed by atoms with Gasteiger partial charge in [-0.15, -0.1) is 0 Å². The van der Waals surface area contributed by atoms with Crippen molar-refractivity contribution < 1.29 is 14.6 Å². The van der Waals surface area contributed by atoms with Crippen molar-refractivity contribution in [2.24, 2.45) is 4.99 Å². The average Bonchev–Trinajstić information content (AvgIpc) is 2.64. The number of benzene rings is 1. The Hall–Kier alpha value is -1.66. The molecule has 0 spiro atoms. The van der Waals surface area contributed by atoms with E-state index in [1.165, 1.54) is 0 Å². The molecule has 1 aromatic rings. The van der Waals surface area contributed by atoms with Gasteiger partial charge in [0, 0.05) is 19.1 Å². The molecule has 0 amide bonds. The molecule has 26 heavy (non-hydrogen) atoms. The van der Waals surface area contributed by atoms with Crippen LogP contribution in [0.15, 0.2) is 17.1 Å². The number of hydrogen-bond donors (Lipinski definition) is 3. The Balaban J connectivity index is 1.57. The van der Waals surface area contributed by atoms with E-state index in [-0.39, 0.29) is 6.10 Å². The Morgan fingerprint density at radius 3 is 2.77 bits per heavy atom. The topological polar surface area (TPSA) is 75.1 Å². The standard InChI is InChI=1S/C19H28ClN3O3/c1-2-21-19(23-14-3-5-15(24)6-4-14)22-8-7-13-11-16(20)18-17(12-13)25-9-10-26-18/h11-12,14-15,24H,2-10H2,1H3,(H2,21,22,23). The van der Waals surface area contributed by atoms with Crippen LogP contribution in [0, 0.1) is 0 Å². The van der Waals surface area contributed by atoms with Crippen LogP contribution in [-0.2, 0) is 6.42 Å². The van der Waals surface area contributed by atoms with E-state index < -0.39 is 0 Å². The van der Waals surface area contributed by atoms with E-state index in [2.05, 4.69) is 22.5 Å². The van der Waals surface area contributed by atoms with Crippen LogP contribution in [0.4, 0.5) is 0 Å². The SMILES string of the molecule is CCNC(=NCCc1cc(Cl)c2c(c1)OCCO2)NC1CCC(O)CC1. The Morgan fingerprint density at radius 2 is 2.00 bits per heavy atom. The monoisotopic (exact) mass is 381 g/mol. The molecule has 1 saturated carbocycles. The highest BCUT2D eigenvalue weighted by Crippen LogP contribution is 2.38. The fraction of sp³-hybridized carbons (Fsp3) is 0.632. The maximum atomic E-state index is 9.64. The minimum atomic E-state index is -0.146. The molecule has 0 atom stereocenters. The second-order valence-electron chi connectivity index (χ2n) is 6.76. The summed E-state index contributed by atoms with van der Waals surface area (Å²) in [5.74, 6) is 2.19. The molecule has 0 aromatic heterocycles. The largest absolute Gasteiger partial charge is 0.486 e. The average molecular weight is 382 g/mol. The number of guanidine groups is 1. The van der Waals surface area contributed by atoms with Gasteiger partial charge in [0.2, 0.25) is 0 Å². The lowest BCUT2D eigenvalue weighted by Crippen LogP contribution is -2.45. The molecule has 0 radical (unpaired) electrons. The maximum Gasteiger partial charge on any atom is 0.191 e. The number of rotatable bonds is 5. The van der Waals surface area contributed by atoms with Gasteiger partial charge < -0.3 is 25.2 Å². The normalized spacial score (nSPS) is 22.8. The zero-order valence-electron chi connectivity index (χ0n) is 15.3. The van der Waals surface area contributed by atoms with Gasteiger partial charge in [-0.1, -0.05) is 11.6 Å². The zero-order chi connectivity index (χ0) is 18.4. The number of hydrogen-bond acceptors (Lipinski definition) is 4. The third kappa shape index (κ3) is 5.17. The van der Waals surface area contributed by atoms with Crippen LogP contribution in [0.25, 0.3) is 0 Å². The summed E-state index contributed by atoms with van der Waals surface area (Å²) in [5.41, 5.74) is 1.08. The number of aliphatic hydroxyl groups is 1. The summed E-state index contributed by atoms with van der Waals surface area (Å²) >= 11 is 6.29. The van der Waals surface area contributed by atoms with E-state index in [1.807, 2.05) is 12.1 Å². The minimum Gasteiger partial charge on any atom is -0.486 e. The van der Waals surface area contributed by atoms with Crippen LogP contribution in [0.5, 0.6) is 11.5 Å². The van der Waals surface area contributed by atoms with E-state index >= 15 is 0 Å². The van der Waals surface area contributed by atoms with Crippen molar-refractivity contribution >= 4 is 17.6 Å². The first-order valence-corrected chi connectivity index (χ1v) is 9.84. The fourth-order valence-corrected chi connectivity index (χ4v) is 3.63. The molecule has 1 heterocycles. The lowest BCUT2D eigenvalue weighted by molar-refractivity contribution is 0.120. The van der Waals surface area contributed by atoms with Gasteiger partial charge in [0.15, 0.2) is 17.5 Å². The molecule has 7 heteroatoms. The molecule has 0 unspecified atom stereocenters. The number of aliphatic imine (C=N–C) groups is 1. The molecule has 1 fully saturated rings. The number of nitrogens with zero attached hydrogens (tertiary/aromatic N) is 1. The van der Waals surface area contributed by atoms with E-state index in [0.29, 0.717) is 42.3 Å². The van der Waals surface area contributed by atoms with Crippen LogP contribution in [0.3, 0.4) is 0 Å². The predicted octanol–water partition coefficient (Wildman–Crippen LogP) is 2.51. The van der Waals surface area contributed by atoms with E-state index in [1.54, 1.807) is 0 Å². The molecule has 0 bridgehead atoms. The van der Waals surface area contributed by atoms with Gasteiger partial charge in [0.25, 0.3) is 0 Å². The minimum absolute atomic E-state index is 0.146. The van der Waals surface area contributed by atoms with Crippen molar-refractivity contribution in [2.45, 2.75) is 51.2 Å². The highest BCUT2D eigenvalue weighted by Gasteiger charge is 2.20. The van der Waals surface area contributed by atoms with Crippen LogP contribution in [-0.4, -0.2) is 49.5 Å². The third-order valence-electron chi connectivity index (χ3n) is 4.71. The highest BCUT2D eigenvalue weighted by atomic mass is 35.5. The Kier molecular flexibility index (Phi) is 6.86. The lowest BCUT2D eigenvalue weighted by atomic mass is 9.93. The van der Waals surface area contributed by atoms with Crippen molar-refractivity contribution in [3.63, 3.8) is 0 Å². The summed E-state index contributed by atoms with van der Waals surface area (Å²) in [4.78, 5) is 4.68. The zero-order valence-corrected chi connectivity index (χ0v) is 16.0. The van der Waals surface area contributed by atoms with Gasteiger partial charge >= 0.3 is 0 Å². The van der Waals surface area contributed by atoms with Gasteiger partial charge in [-0.25, -0.2) is 0 Å². The van der Waals surface area contributed by atoms with Crippen LogP contribution in [0.1, 0.15) is 38.2 Å². The smallest absolute Gasteiger partial charge is 0.191 e. The van der Waals surface area contributed by atoms with E-state index in [9.17, 15) is 5.11 Å². The number of aliphatic hydroxyl groups excluding tert-OH is 1. The number of fused-ring (bicyclic) bond motifs is 1. The molecule has 6 nitrogen and oxygen atoms in total. The molecule has 1 aliphatic carbocycles. The maximum absolute atomic E-state index is 9.64. The van der Waals surface area contributed by atoms with Crippen molar-refractivity contribution in [3.8, 4) is 11.5 Å². The summed E-state index contributed by atoms with van der Waals surface area (Å²) in [6, 6.07) is 4.28. The summed E-state index contributed by atoms with van der Waals surface area (Å²) in [6.07, 6.45) is 4.29. The first-order valence-electron chi connectivity index (χ1n) is 9.46. The first kappa shape index (κ1) is 19.1. The molecule has 1 aliphatic heterocycles. The Labute approximate surface area is 159 Å². The van der Waals surface area contributed by atoms with Gasteiger partial charge in [-0.3, -0.25) is 4.99 Å². The van der Waals surface area contributed by atoms with Crippen molar-refractivity contribution in [1.29, 1.82) is 0 Å². The second kappa shape index (κ2) is 9.33. The summed E-state index contributed by atoms with van der Waals surface area (Å²) < 4.78 is 11.2. The first-order chi connectivity index (χ1) is 12.7. The second-order valence-corrected chi connectivity index (χ2v) is 7.17. The molecule has 0 saturated heterocycles. The van der Waals surface area contributed by atoms with Crippen molar-refractivity contribution in [2.75, 3.05) is 26.3 Å². The predicted molar refractivity (Wildman–Crippen MR) is 104 cm³/mol. The van der Waals surface area contributed by atoms with E-state index in [0.717, 1.165) is 50.2 Å². The van der Waals surface area contributed by atoms with Gasteiger partial charge in [-0.2, -0.15) is 0 Å². The van der Waals surface area contributed by atoms with Gasteiger partial charge in [0.1, 0.15) is 13.2 Å². The van der Waals surface area contributed by atoms with Gasteiger partial charge in [0.05, 0.1) is 11.1 Å². The molecule has 144 valence electrons. The van der Waals surface area contributed by atoms with Crippen LogP contribution in [0.2, 0.25) is 5.02 Å². The van der Waals surface area contributed by atoms with Crippen molar-refractivity contribution in [1.82, 2.24) is 10.6 Å². The fourth-order valence-electron chi connectivity index (χ4n) is 3.34. The molecular formula is C19H28ClN3O3. The highest BCUT2D eigenvalue weighted by molar-refractivity contribution is 6.32. The molecule has 3 N–H and O–H groups in total. The Morgan fingerprint density at radius 1 is 1.23 bits per heavy atom. The van der Waals surface area contributed by atoms with Crippen LogP contribution < -0.4 is 20.1 Å². The quantitative estimate of drug-likeness (QED) is 0.539. The third-order valence-corrected chi connectivity index (χ3v) is 4.99. The molecule has 2 aliphatic rings. The van der Waals surface area contributed by atoms with Crippen molar-refractivity contribution in [3.05, 3.63) is 22.7 Å². The molecule has 3 rings (SSSR count). The summed E-state index contributed by atoms with van der Waals surface area (Å²) in [5, 5.41) is 17.0. The Bertz CT molecular complexity index is 631. The van der Waals surface area contributed by atoms with Crippen LogP contribution >= 0.6 is 11.6 Å².